The molecule has 1 heterocycles. The van der Waals surface area contributed by atoms with E-state index in [9.17, 15) is 14.0 Å². The Balaban J connectivity index is 2.23. The SMILES string of the molecule is CCNC(C)(C)C(=O)Nc1cc2c(cc1F)CCC(=O)N2. The van der Waals surface area contributed by atoms with E-state index < -0.39 is 11.4 Å². The van der Waals surface area contributed by atoms with E-state index in [0.717, 1.165) is 5.56 Å². The predicted molar refractivity (Wildman–Crippen MR) is 79.7 cm³/mol. The van der Waals surface area contributed by atoms with E-state index in [0.29, 0.717) is 25.1 Å². The van der Waals surface area contributed by atoms with Gasteiger partial charge in [0.05, 0.1) is 11.2 Å². The summed E-state index contributed by atoms with van der Waals surface area (Å²) < 4.78 is 14.1. The predicted octanol–water partition coefficient (Wildman–Crippen LogP) is 2.04. The molecule has 21 heavy (non-hydrogen) atoms. The zero-order valence-electron chi connectivity index (χ0n) is 12.5. The number of aryl methyl sites for hydroxylation is 1. The lowest BCUT2D eigenvalue weighted by molar-refractivity contribution is -0.121. The van der Waals surface area contributed by atoms with Crippen LogP contribution in [0, 0.1) is 5.82 Å². The second-order valence-corrected chi connectivity index (χ2v) is 5.65. The van der Waals surface area contributed by atoms with E-state index in [2.05, 4.69) is 16.0 Å². The van der Waals surface area contributed by atoms with Crippen molar-refractivity contribution in [1.82, 2.24) is 5.32 Å². The molecular formula is C15H20FN3O2. The van der Waals surface area contributed by atoms with E-state index in [1.807, 2.05) is 6.92 Å². The normalized spacial score (nSPS) is 14.4. The van der Waals surface area contributed by atoms with E-state index in [1.165, 1.54) is 12.1 Å². The summed E-state index contributed by atoms with van der Waals surface area (Å²) in [5.74, 6) is -0.921. The number of halogens is 1. The third-order valence-electron chi connectivity index (χ3n) is 3.52. The van der Waals surface area contributed by atoms with Gasteiger partial charge in [0.2, 0.25) is 11.8 Å². The molecule has 5 nitrogen and oxygen atoms in total. The zero-order chi connectivity index (χ0) is 15.6. The number of anilines is 2. The second-order valence-electron chi connectivity index (χ2n) is 5.65. The first-order chi connectivity index (χ1) is 9.83. The largest absolute Gasteiger partial charge is 0.326 e. The van der Waals surface area contributed by atoms with Gasteiger partial charge in [0, 0.05) is 12.1 Å². The number of benzene rings is 1. The van der Waals surface area contributed by atoms with Crippen LogP contribution in [0.15, 0.2) is 12.1 Å². The van der Waals surface area contributed by atoms with Crippen molar-refractivity contribution in [2.45, 2.75) is 39.2 Å². The molecule has 0 atom stereocenters. The summed E-state index contributed by atoms with van der Waals surface area (Å²) in [6, 6.07) is 2.84. The van der Waals surface area contributed by atoms with Crippen molar-refractivity contribution in [2.75, 3.05) is 17.2 Å². The molecule has 0 unspecified atom stereocenters. The van der Waals surface area contributed by atoms with E-state index >= 15 is 0 Å². The molecule has 0 radical (unpaired) electrons. The minimum atomic E-state index is -0.805. The van der Waals surface area contributed by atoms with Crippen LogP contribution in [-0.2, 0) is 16.0 Å². The van der Waals surface area contributed by atoms with Crippen LogP contribution >= 0.6 is 0 Å². The molecule has 1 aromatic carbocycles. The Morgan fingerprint density at radius 2 is 2.10 bits per heavy atom. The molecule has 1 aromatic rings. The van der Waals surface area contributed by atoms with Crippen molar-refractivity contribution < 1.29 is 14.0 Å². The zero-order valence-corrected chi connectivity index (χ0v) is 12.5. The topological polar surface area (TPSA) is 70.2 Å². The average molecular weight is 293 g/mol. The Morgan fingerprint density at radius 3 is 2.76 bits per heavy atom. The molecule has 2 amide bonds. The summed E-state index contributed by atoms with van der Waals surface area (Å²) in [6.45, 7) is 5.97. The van der Waals surface area contributed by atoms with Crippen LogP contribution in [0.1, 0.15) is 32.8 Å². The molecule has 2 rings (SSSR count). The van der Waals surface area contributed by atoms with Crippen LogP contribution in [0.4, 0.5) is 15.8 Å². The highest BCUT2D eigenvalue weighted by Crippen LogP contribution is 2.29. The number of fused-ring (bicyclic) bond motifs is 1. The fourth-order valence-corrected chi connectivity index (χ4v) is 2.30. The average Bonchev–Trinajstić information content (AvgIpc) is 2.40. The molecule has 0 spiro atoms. The standard InChI is InChI=1S/C15H20FN3O2/c1-4-17-15(2,3)14(21)19-12-8-11-9(7-10(12)16)5-6-13(20)18-11/h7-8,17H,4-6H2,1-3H3,(H,18,20)(H,19,21). The smallest absolute Gasteiger partial charge is 0.244 e. The third kappa shape index (κ3) is 3.39. The number of hydrogen-bond donors (Lipinski definition) is 3. The number of amides is 2. The van der Waals surface area contributed by atoms with Gasteiger partial charge in [-0.15, -0.1) is 0 Å². The van der Waals surface area contributed by atoms with Crippen LogP contribution in [0.3, 0.4) is 0 Å². The summed E-state index contributed by atoms with van der Waals surface area (Å²) in [5.41, 5.74) is 0.576. The fourth-order valence-electron chi connectivity index (χ4n) is 2.30. The molecule has 0 aromatic heterocycles. The summed E-state index contributed by atoms with van der Waals surface area (Å²) >= 11 is 0. The Kier molecular flexibility index (Phi) is 4.27. The monoisotopic (exact) mass is 293 g/mol. The van der Waals surface area contributed by atoms with Crippen LogP contribution in [0.2, 0.25) is 0 Å². The summed E-state index contributed by atoms with van der Waals surface area (Å²) in [7, 11) is 0. The van der Waals surface area contributed by atoms with Gasteiger partial charge in [-0.25, -0.2) is 4.39 Å². The molecular weight excluding hydrogens is 273 g/mol. The minimum absolute atomic E-state index is 0.0759. The Labute approximate surface area is 123 Å². The molecule has 1 aliphatic rings. The lowest BCUT2D eigenvalue weighted by Crippen LogP contribution is -2.49. The van der Waals surface area contributed by atoms with Crippen molar-refractivity contribution >= 4 is 23.2 Å². The molecule has 114 valence electrons. The Hall–Kier alpha value is -1.95. The van der Waals surface area contributed by atoms with Crippen molar-refractivity contribution in [3.63, 3.8) is 0 Å². The first-order valence-corrected chi connectivity index (χ1v) is 7.02. The quantitative estimate of drug-likeness (QED) is 0.795. The maximum Gasteiger partial charge on any atom is 0.244 e. The van der Waals surface area contributed by atoms with Crippen LogP contribution < -0.4 is 16.0 Å². The number of hydrogen-bond acceptors (Lipinski definition) is 3. The van der Waals surface area contributed by atoms with Gasteiger partial charge in [-0.1, -0.05) is 6.92 Å². The minimum Gasteiger partial charge on any atom is -0.326 e. The van der Waals surface area contributed by atoms with Gasteiger partial charge < -0.3 is 16.0 Å². The lowest BCUT2D eigenvalue weighted by atomic mass is 10.0. The molecule has 0 aliphatic carbocycles. The number of carbonyl (C=O) groups is 2. The summed E-state index contributed by atoms with van der Waals surface area (Å²) in [6.07, 6.45) is 0.862. The van der Waals surface area contributed by atoms with Gasteiger partial charge in [0.25, 0.3) is 0 Å². The number of carbonyl (C=O) groups excluding carboxylic acids is 2. The number of likely N-dealkylation sites (N-methyl/N-ethyl adjacent to an activating group) is 1. The number of rotatable bonds is 4. The van der Waals surface area contributed by atoms with E-state index in [1.54, 1.807) is 13.8 Å². The van der Waals surface area contributed by atoms with Crippen LogP contribution in [-0.4, -0.2) is 23.9 Å². The molecule has 0 fully saturated rings. The Bertz CT molecular complexity index is 585. The molecule has 0 bridgehead atoms. The fraction of sp³-hybridized carbons (Fsp3) is 0.467. The van der Waals surface area contributed by atoms with Crippen molar-refractivity contribution in [3.05, 3.63) is 23.5 Å². The molecule has 6 heteroatoms. The highest BCUT2D eigenvalue weighted by atomic mass is 19.1. The number of nitrogens with one attached hydrogen (secondary N) is 3. The van der Waals surface area contributed by atoms with Gasteiger partial charge in [0.1, 0.15) is 5.82 Å². The first-order valence-electron chi connectivity index (χ1n) is 7.02. The van der Waals surface area contributed by atoms with Gasteiger partial charge in [-0.05, 0) is 44.5 Å². The maximum atomic E-state index is 14.1. The van der Waals surface area contributed by atoms with Crippen molar-refractivity contribution in [1.29, 1.82) is 0 Å². The van der Waals surface area contributed by atoms with Crippen LogP contribution in [0.5, 0.6) is 0 Å². The van der Waals surface area contributed by atoms with Gasteiger partial charge in [-0.2, -0.15) is 0 Å². The molecule has 0 saturated heterocycles. The Morgan fingerprint density at radius 1 is 1.38 bits per heavy atom. The van der Waals surface area contributed by atoms with Crippen LogP contribution in [0.25, 0.3) is 0 Å². The molecule has 0 saturated carbocycles. The summed E-state index contributed by atoms with van der Waals surface area (Å²) in [5, 5.41) is 8.29. The van der Waals surface area contributed by atoms with Crippen molar-refractivity contribution in [2.24, 2.45) is 0 Å². The highest BCUT2D eigenvalue weighted by molar-refractivity contribution is 5.99. The van der Waals surface area contributed by atoms with Gasteiger partial charge in [0.15, 0.2) is 0 Å². The lowest BCUT2D eigenvalue weighted by Gasteiger charge is -2.25. The van der Waals surface area contributed by atoms with Crippen molar-refractivity contribution in [3.8, 4) is 0 Å². The highest BCUT2D eigenvalue weighted by Gasteiger charge is 2.27. The van der Waals surface area contributed by atoms with E-state index in [-0.39, 0.29) is 17.5 Å². The molecule has 3 N–H and O–H groups in total. The summed E-state index contributed by atoms with van der Waals surface area (Å²) in [4.78, 5) is 23.6. The third-order valence-corrected chi connectivity index (χ3v) is 3.52. The maximum absolute atomic E-state index is 14.1. The second kappa shape index (κ2) is 5.81. The van der Waals surface area contributed by atoms with Gasteiger partial charge >= 0.3 is 0 Å². The van der Waals surface area contributed by atoms with E-state index in [4.69, 9.17) is 0 Å². The van der Waals surface area contributed by atoms with Gasteiger partial charge in [-0.3, -0.25) is 9.59 Å². The molecule has 1 aliphatic heterocycles. The first kappa shape index (κ1) is 15.4.